The molecule has 3 aromatic heterocycles. The third-order valence-electron chi connectivity index (χ3n) is 5.54. The Kier molecular flexibility index (Phi) is 5.78. The Labute approximate surface area is 173 Å². The smallest absolute Gasteiger partial charge is 0.142 e. The Morgan fingerprint density at radius 2 is 1.93 bits per heavy atom. The molecule has 0 N–H and O–H groups in total. The van der Waals surface area contributed by atoms with Crippen LogP contribution in [0.25, 0.3) is 22.2 Å². The Hall–Kier alpha value is -2.12. The van der Waals surface area contributed by atoms with E-state index in [0.717, 1.165) is 53.4 Å². The number of aryl methyl sites for hydroxylation is 1. The third-order valence-corrected chi connectivity index (χ3v) is 7.24. The van der Waals surface area contributed by atoms with Gasteiger partial charge in [-0.2, -0.15) is 5.10 Å². The van der Waals surface area contributed by atoms with E-state index in [-0.39, 0.29) is 0 Å². The lowest BCUT2D eigenvalue weighted by atomic mass is 10.1. The van der Waals surface area contributed by atoms with Crippen LogP contribution in [0, 0.1) is 0 Å². The van der Waals surface area contributed by atoms with Crippen molar-refractivity contribution in [3.8, 4) is 16.9 Å². The van der Waals surface area contributed by atoms with Gasteiger partial charge in [-0.1, -0.05) is 19.6 Å². The van der Waals surface area contributed by atoms with Gasteiger partial charge in [0.05, 0.1) is 18.5 Å². The van der Waals surface area contributed by atoms with Crippen molar-refractivity contribution in [1.82, 2.24) is 19.3 Å². The van der Waals surface area contributed by atoms with Crippen molar-refractivity contribution in [3.05, 3.63) is 30.9 Å². The first-order chi connectivity index (χ1) is 13.9. The van der Waals surface area contributed by atoms with Crippen molar-refractivity contribution < 1.29 is 9.47 Å². The molecule has 29 heavy (non-hydrogen) atoms. The summed E-state index contributed by atoms with van der Waals surface area (Å²) >= 11 is 0. The number of pyridine rings is 1. The molecule has 0 saturated heterocycles. The van der Waals surface area contributed by atoms with Crippen LogP contribution in [0.15, 0.2) is 30.9 Å². The zero-order chi connectivity index (χ0) is 20.4. The minimum atomic E-state index is -1.10. The number of fused-ring (bicyclic) bond motifs is 1. The molecule has 0 spiro atoms. The van der Waals surface area contributed by atoms with Gasteiger partial charge in [-0.3, -0.25) is 4.68 Å². The summed E-state index contributed by atoms with van der Waals surface area (Å²) in [5, 5.41) is 5.43. The van der Waals surface area contributed by atoms with E-state index < -0.39 is 8.07 Å². The molecular formula is C22H32N4O2Si. The van der Waals surface area contributed by atoms with Crippen LogP contribution in [-0.2, 0) is 18.5 Å². The molecule has 1 fully saturated rings. The van der Waals surface area contributed by atoms with Crippen molar-refractivity contribution in [2.45, 2.75) is 64.2 Å². The molecule has 3 aromatic rings. The van der Waals surface area contributed by atoms with E-state index in [4.69, 9.17) is 14.5 Å². The summed E-state index contributed by atoms with van der Waals surface area (Å²) in [7, 11) is 0.843. The van der Waals surface area contributed by atoms with Crippen LogP contribution < -0.4 is 4.74 Å². The van der Waals surface area contributed by atoms with Gasteiger partial charge in [0.1, 0.15) is 18.1 Å². The Morgan fingerprint density at radius 3 is 2.62 bits per heavy atom. The molecule has 7 heteroatoms. The second-order valence-corrected chi connectivity index (χ2v) is 15.0. The molecular weight excluding hydrogens is 380 g/mol. The number of aromatic nitrogens is 4. The van der Waals surface area contributed by atoms with Gasteiger partial charge >= 0.3 is 0 Å². The summed E-state index contributed by atoms with van der Waals surface area (Å²) in [5.41, 5.74) is 3.13. The van der Waals surface area contributed by atoms with E-state index in [1.54, 1.807) is 0 Å². The largest absolute Gasteiger partial charge is 0.489 e. The summed E-state index contributed by atoms with van der Waals surface area (Å²) in [5.74, 6) is 0.854. The van der Waals surface area contributed by atoms with Gasteiger partial charge in [-0.05, 0) is 37.8 Å². The average molecular weight is 413 g/mol. The van der Waals surface area contributed by atoms with Crippen LogP contribution in [0.4, 0.5) is 0 Å². The molecule has 156 valence electrons. The maximum absolute atomic E-state index is 6.21. The molecule has 0 atom stereocenters. The molecule has 4 rings (SSSR count). The number of ether oxygens (including phenoxy) is 2. The predicted octanol–water partition coefficient (Wildman–Crippen LogP) is 5.07. The van der Waals surface area contributed by atoms with Gasteiger partial charge in [0.2, 0.25) is 0 Å². The zero-order valence-electron chi connectivity index (χ0n) is 18.0. The van der Waals surface area contributed by atoms with E-state index in [1.165, 1.54) is 12.8 Å². The van der Waals surface area contributed by atoms with Crippen LogP contribution in [-0.4, -0.2) is 40.1 Å². The number of nitrogens with zero attached hydrogens (tertiary/aromatic N) is 4. The lowest BCUT2D eigenvalue weighted by molar-refractivity contribution is 0.0899. The van der Waals surface area contributed by atoms with Crippen molar-refractivity contribution in [2.24, 2.45) is 7.05 Å². The molecule has 0 unspecified atom stereocenters. The topological polar surface area (TPSA) is 54.1 Å². The molecule has 6 nitrogen and oxygen atoms in total. The van der Waals surface area contributed by atoms with Crippen molar-refractivity contribution in [3.63, 3.8) is 0 Å². The molecule has 0 aliphatic heterocycles. The van der Waals surface area contributed by atoms with E-state index in [9.17, 15) is 0 Å². The van der Waals surface area contributed by atoms with Gasteiger partial charge in [0.15, 0.2) is 0 Å². The quantitative estimate of drug-likeness (QED) is 0.383. The van der Waals surface area contributed by atoms with Gasteiger partial charge < -0.3 is 14.0 Å². The molecule has 0 radical (unpaired) electrons. The fraction of sp³-hybridized carbons (Fsp3) is 0.545. The van der Waals surface area contributed by atoms with Gasteiger partial charge in [0.25, 0.3) is 0 Å². The number of hydrogen-bond acceptors (Lipinski definition) is 4. The first-order valence-corrected chi connectivity index (χ1v) is 14.3. The van der Waals surface area contributed by atoms with Crippen molar-refractivity contribution >= 4 is 19.1 Å². The van der Waals surface area contributed by atoms with Crippen LogP contribution in [0.1, 0.15) is 25.7 Å². The van der Waals surface area contributed by atoms with Crippen LogP contribution in [0.3, 0.4) is 0 Å². The molecule has 1 aliphatic carbocycles. The molecule has 1 aliphatic rings. The average Bonchev–Trinajstić information content (AvgIpc) is 3.38. The molecule has 0 aromatic carbocycles. The Bertz CT molecular complexity index is 967. The second kappa shape index (κ2) is 8.32. The maximum Gasteiger partial charge on any atom is 0.142 e. The van der Waals surface area contributed by atoms with Crippen molar-refractivity contribution in [2.75, 3.05) is 6.61 Å². The monoisotopic (exact) mass is 412 g/mol. The Balaban J connectivity index is 1.61. The summed E-state index contributed by atoms with van der Waals surface area (Å²) in [6.45, 7) is 8.41. The number of hydrogen-bond donors (Lipinski definition) is 0. The lowest BCUT2D eigenvalue weighted by Gasteiger charge is -2.15. The second-order valence-electron chi connectivity index (χ2n) is 9.33. The van der Waals surface area contributed by atoms with Gasteiger partial charge in [-0.15, -0.1) is 0 Å². The van der Waals surface area contributed by atoms with Crippen molar-refractivity contribution in [1.29, 1.82) is 0 Å². The minimum Gasteiger partial charge on any atom is -0.489 e. The fourth-order valence-electron chi connectivity index (χ4n) is 3.85. The highest BCUT2D eigenvalue weighted by molar-refractivity contribution is 6.76. The summed E-state index contributed by atoms with van der Waals surface area (Å²) in [6.07, 6.45) is 13.0. The lowest BCUT2D eigenvalue weighted by Crippen LogP contribution is -2.22. The van der Waals surface area contributed by atoms with E-state index in [0.29, 0.717) is 12.8 Å². The minimum absolute atomic E-state index is 0.322. The van der Waals surface area contributed by atoms with Crippen LogP contribution in [0.2, 0.25) is 25.7 Å². The normalized spacial score (nSPS) is 15.4. The van der Waals surface area contributed by atoms with E-state index in [1.807, 2.05) is 30.3 Å². The first-order valence-electron chi connectivity index (χ1n) is 10.6. The highest BCUT2D eigenvalue weighted by Crippen LogP contribution is 2.33. The zero-order valence-corrected chi connectivity index (χ0v) is 19.0. The fourth-order valence-corrected chi connectivity index (χ4v) is 4.60. The summed E-state index contributed by atoms with van der Waals surface area (Å²) in [4.78, 5) is 4.74. The highest BCUT2D eigenvalue weighted by atomic mass is 28.3. The molecule has 0 bridgehead atoms. The predicted molar refractivity (Wildman–Crippen MR) is 119 cm³/mol. The Morgan fingerprint density at radius 1 is 1.14 bits per heavy atom. The molecule has 0 amide bonds. The third kappa shape index (κ3) is 4.90. The SMILES string of the molecule is Cn1cc(-c2cn(COCC[Si](C)(C)C)c3ncc(OC4CCCC4)cc23)cn1. The van der Waals surface area contributed by atoms with Crippen LogP contribution in [0.5, 0.6) is 5.75 Å². The standard InChI is InChI=1S/C22H32N4O2Si/c1-25-14-17(12-24-25)21-15-26(16-27-9-10-29(2,3)4)22-20(21)11-19(13-23-22)28-18-7-5-6-8-18/h11-15,18H,5-10,16H2,1-4H3. The van der Waals surface area contributed by atoms with E-state index >= 15 is 0 Å². The maximum atomic E-state index is 6.21. The van der Waals surface area contributed by atoms with E-state index in [2.05, 4.69) is 41.6 Å². The summed E-state index contributed by atoms with van der Waals surface area (Å²) in [6, 6.07) is 3.29. The summed E-state index contributed by atoms with van der Waals surface area (Å²) < 4.78 is 16.1. The van der Waals surface area contributed by atoms with Crippen LogP contribution >= 0.6 is 0 Å². The molecule has 3 heterocycles. The molecule has 1 saturated carbocycles. The highest BCUT2D eigenvalue weighted by Gasteiger charge is 2.19. The number of rotatable bonds is 8. The van der Waals surface area contributed by atoms with Gasteiger partial charge in [0, 0.05) is 50.6 Å². The first kappa shape index (κ1) is 20.2. The van der Waals surface area contributed by atoms with Gasteiger partial charge in [-0.25, -0.2) is 4.98 Å².